The molecule has 0 aromatic carbocycles. The molecular weight excluding hydrogens is 258 g/mol. The maximum atomic E-state index is 11.8. The number of nitrogens with zero attached hydrogens (tertiary/aromatic N) is 2. The highest BCUT2D eigenvalue weighted by molar-refractivity contribution is 7.89. The van der Waals surface area contributed by atoms with Crippen molar-refractivity contribution in [1.29, 1.82) is 0 Å². The van der Waals surface area contributed by atoms with E-state index >= 15 is 0 Å². The van der Waals surface area contributed by atoms with Gasteiger partial charge in [0.1, 0.15) is 5.56 Å². The van der Waals surface area contributed by atoms with Crippen LogP contribution < -0.4 is 5.14 Å². The van der Waals surface area contributed by atoms with E-state index in [4.69, 9.17) is 9.88 Å². The number of rotatable bonds is 4. The normalized spacial score (nSPS) is 11.9. The summed E-state index contributed by atoms with van der Waals surface area (Å²) in [6.45, 7) is 6.82. The maximum absolute atomic E-state index is 11.8. The topological polar surface area (TPSA) is 104 Å². The summed E-state index contributed by atoms with van der Waals surface area (Å²) < 4.78 is 29.3. The van der Waals surface area contributed by atoms with E-state index in [1.54, 1.807) is 27.7 Å². The van der Waals surface area contributed by atoms with Gasteiger partial charge < -0.3 is 4.74 Å². The highest BCUT2D eigenvalue weighted by Gasteiger charge is 2.30. The minimum atomic E-state index is -4.05. The largest absolute Gasteiger partial charge is 0.462 e. The lowest BCUT2D eigenvalue weighted by atomic mass is 10.2. The number of carbonyl (C=O) groups is 1. The van der Waals surface area contributed by atoms with Crippen LogP contribution in [0.2, 0.25) is 0 Å². The number of carbonyl (C=O) groups excluding carboxylic acids is 1. The monoisotopic (exact) mass is 275 g/mol. The third-order valence-electron chi connectivity index (χ3n) is 2.28. The Morgan fingerprint density at radius 3 is 2.44 bits per heavy atom. The van der Waals surface area contributed by atoms with Crippen molar-refractivity contribution in [1.82, 2.24) is 9.78 Å². The van der Waals surface area contributed by atoms with Crippen molar-refractivity contribution in [3.8, 4) is 0 Å². The molecule has 0 unspecified atom stereocenters. The number of aromatic nitrogens is 2. The Hall–Kier alpha value is -1.41. The van der Waals surface area contributed by atoms with E-state index in [0.717, 1.165) is 0 Å². The van der Waals surface area contributed by atoms with Crippen molar-refractivity contribution >= 4 is 16.0 Å². The Balaban J connectivity index is 3.56. The van der Waals surface area contributed by atoms with Gasteiger partial charge in [-0.2, -0.15) is 5.10 Å². The fourth-order valence-corrected chi connectivity index (χ4v) is 2.62. The lowest BCUT2D eigenvalue weighted by Crippen LogP contribution is -2.22. The van der Waals surface area contributed by atoms with Crippen molar-refractivity contribution in [3.63, 3.8) is 0 Å². The second-order valence-corrected chi connectivity index (χ2v) is 5.55. The van der Waals surface area contributed by atoms with Crippen molar-refractivity contribution in [2.45, 2.75) is 38.8 Å². The molecule has 0 aliphatic rings. The van der Waals surface area contributed by atoms with Crippen molar-refractivity contribution in [3.05, 3.63) is 11.3 Å². The number of primary sulfonamides is 1. The first kappa shape index (κ1) is 14.7. The molecule has 0 fully saturated rings. The van der Waals surface area contributed by atoms with Crippen molar-refractivity contribution < 1.29 is 17.9 Å². The fourth-order valence-electron chi connectivity index (χ4n) is 1.59. The molecule has 0 saturated heterocycles. The number of aryl methyl sites for hydroxylation is 1. The second kappa shape index (κ2) is 5.07. The van der Waals surface area contributed by atoms with E-state index in [1.807, 2.05) is 0 Å². The van der Waals surface area contributed by atoms with Gasteiger partial charge in [-0.15, -0.1) is 0 Å². The molecule has 102 valence electrons. The molecule has 0 saturated carbocycles. The Labute approximate surface area is 106 Å². The molecule has 1 aromatic heterocycles. The Kier molecular flexibility index (Phi) is 4.12. The molecule has 0 aliphatic heterocycles. The zero-order chi connectivity index (χ0) is 14.1. The van der Waals surface area contributed by atoms with E-state index < -0.39 is 16.0 Å². The third kappa shape index (κ3) is 2.70. The summed E-state index contributed by atoms with van der Waals surface area (Å²) in [6.07, 6.45) is 0. The summed E-state index contributed by atoms with van der Waals surface area (Å²) >= 11 is 0. The van der Waals surface area contributed by atoms with Crippen LogP contribution >= 0.6 is 0 Å². The second-order valence-electron chi connectivity index (χ2n) is 4.07. The molecule has 8 heteroatoms. The zero-order valence-corrected chi connectivity index (χ0v) is 11.6. The molecule has 0 spiro atoms. The summed E-state index contributed by atoms with van der Waals surface area (Å²) in [5.41, 5.74) is 0.194. The van der Waals surface area contributed by atoms with Gasteiger partial charge in [-0.1, -0.05) is 0 Å². The maximum Gasteiger partial charge on any atom is 0.343 e. The number of hydrogen-bond acceptors (Lipinski definition) is 5. The van der Waals surface area contributed by atoms with Crippen LogP contribution in [0.15, 0.2) is 5.03 Å². The van der Waals surface area contributed by atoms with Crippen LogP contribution in [0.25, 0.3) is 0 Å². The van der Waals surface area contributed by atoms with E-state index in [0.29, 0.717) is 0 Å². The fraction of sp³-hybridized carbons (Fsp3) is 0.600. The molecule has 0 aliphatic carbocycles. The predicted octanol–water partition coefficient (Wildman–Crippen LogP) is 0.597. The minimum Gasteiger partial charge on any atom is -0.462 e. The van der Waals surface area contributed by atoms with Crippen LogP contribution in [0.5, 0.6) is 0 Å². The van der Waals surface area contributed by atoms with Crippen LogP contribution in [0.1, 0.15) is 42.9 Å². The van der Waals surface area contributed by atoms with Gasteiger partial charge in [0, 0.05) is 6.04 Å². The Morgan fingerprint density at radius 1 is 1.50 bits per heavy atom. The van der Waals surface area contributed by atoms with Gasteiger partial charge in [0.05, 0.1) is 12.3 Å². The molecule has 7 nitrogen and oxygen atoms in total. The van der Waals surface area contributed by atoms with Crippen molar-refractivity contribution in [2.24, 2.45) is 5.14 Å². The van der Waals surface area contributed by atoms with Crippen LogP contribution in [-0.4, -0.2) is 30.8 Å². The zero-order valence-electron chi connectivity index (χ0n) is 10.8. The number of esters is 1. The van der Waals surface area contributed by atoms with E-state index in [1.165, 1.54) is 4.68 Å². The molecule has 0 atom stereocenters. The van der Waals surface area contributed by atoms with Gasteiger partial charge in [-0.3, -0.25) is 0 Å². The molecular formula is C10H17N3O4S. The molecule has 2 N–H and O–H groups in total. The number of ether oxygens (including phenoxy) is 1. The summed E-state index contributed by atoms with van der Waals surface area (Å²) in [6, 6.07) is -0.236. The van der Waals surface area contributed by atoms with Gasteiger partial charge in [-0.25, -0.2) is 23.0 Å². The number of sulfonamides is 1. The number of nitrogens with two attached hydrogens (primary N) is 1. The van der Waals surface area contributed by atoms with Gasteiger partial charge in [-0.05, 0) is 27.7 Å². The van der Waals surface area contributed by atoms with Gasteiger partial charge in [0.15, 0.2) is 5.03 Å². The van der Waals surface area contributed by atoms with Gasteiger partial charge in [0.2, 0.25) is 0 Å². The highest BCUT2D eigenvalue weighted by atomic mass is 32.2. The average molecular weight is 275 g/mol. The quantitative estimate of drug-likeness (QED) is 0.810. The van der Waals surface area contributed by atoms with Crippen LogP contribution in [0.3, 0.4) is 0 Å². The lowest BCUT2D eigenvalue weighted by Gasteiger charge is -2.10. The molecule has 0 amide bonds. The molecule has 0 radical (unpaired) electrons. The van der Waals surface area contributed by atoms with Gasteiger partial charge in [0.25, 0.3) is 10.0 Å². The van der Waals surface area contributed by atoms with E-state index in [9.17, 15) is 13.2 Å². The summed E-state index contributed by atoms with van der Waals surface area (Å²) in [5.74, 6) is -0.731. The smallest absolute Gasteiger partial charge is 0.343 e. The number of hydrogen-bond donors (Lipinski definition) is 1. The SMILES string of the molecule is CCOC(=O)c1c(C)nn(C(C)C)c1S(N)(=O)=O. The van der Waals surface area contributed by atoms with Crippen LogP contribution in [0, 0.1) is 6.92 Å². The highest BCUT2D eigenvalue weighted by Crippen LogP contribution is 2.22. The molecule has 1 aromatic rings. The van der Waals surface area contributed by atoms with Gasteiger partial charge >= 0.3 is 5.97 Å². The first-order chi connectivity index (χ1) is 8.20. The van der Waals surface area contributed by atoms with Crippen molar-refractivity contribution in [2.75, 3.05) is 6.61 Å². The Morgan fingerprint density at radius 2 is 2.06 bits per heavy atom. The van der Waals surface area contributed by atoms with E-state index in [-0.39, 0.29) is 28.9 Å². The first-order valence-corrected chi connectivity index (χ1v) is 7.03. The predicted molar refractivity (Wildman–Crippen MR) is 64.7 cm³/mol. The summed E-state index contributed by atoms with van der Waals surface area (Å²) in [5, 5.41) is 8.89. The van der Waals surface area contributed by atoms with E-state index in [2.05, 4.69) is 5.10 Å². The summed E-state index contributed by atoms with van der Waals surface area (Å²) in [4.78, 5) is 11.8. The molecule has 18 heavy (non-hydrogen) atoms. The summed E-state index contributed by atoms with van der Waals surface area (Å²) in [7, 11) is -4.05. The lowest BCUT2D eigenvalue weighted by molar-refractivity contribution is 0.0520. The average Bonchev–Trinajstić information content (AvgIpc) is 2.55. The van der Waals surface area contributed by atoms with Crippen LogP contribution in [-0.2, 0) is 14.8 Å². The third-order valence-corrected chi connectivity index (χ3v) is 3.21. The first-order valence-electron chi connectivity index (χ1n) is 5.49. The minimum absolute atomic E-state index is 0.0898. The molecule has 1 heterocycles. The standard InChI is InChI=1S/C10H17N3O4S/c1-5-17-10(14)8-7(4)12-13(6(2)3)9(8)18(11,15)16/h6H,5H2,1-4H3,(H2,11,15,16). The molecule has 0 bridgehead atoms. The Bertz CT molecular complexity index is 560. The molecule has 1 rings (SSSR count). The van der Waals surface area contributed by atoms with Crippen LogP contribution in [0.4, 0.5) is 0 Å².